The van der Waals surface area contributed by atoms with Crippen LogP contribution >= 0.6 is 11.9 Å². The molecule has 0 radical (unpaired) electrons. The average molecular weight is 491 g/mol. The Morgan fingerprint density at radius 2 is 1.63 bits per heavy atom. The largest absolute Gasteiger partial charge is 0.336 e. The number of para-hydroxylation sites is 1. The number of fused-ring (bicyclic) bond motifs is 1. The van der Waals surface area contributed by atoms with Crippen molar-refractivity contribution in [2.45, 2.75) is 11.4 Å². The van der Waals surface area contributed by atoms with E-state index in [2.05, 4.69) is 14.6 Å². The SMILES string of the molecule is O=C(c1ccc(NSc2cccc3cccnc23)cc1)N1CCN(Cc2cc(F)cc(F)c2)CC1. The minimum Gasteiger partial charge on any atom is -0.336 e. The second-order valence-electron chi connectivity index (χ2n) is 8.46. The van der Waals surface area contributed by atoms with Crippen LogP contribution in [-0.4, -0.2) is 46.9 Å². The van der Waals surface area contributed by atoms with Crippen molar-refractivity contribution in [1.29, 1.82) is 0 Å². The molecular weight excluding hydrogens is 466 g/mol. The monoisotopic (exact) mass is 490 g/mol. The molecule has 3 aromatic carbocycles. The van der Waals surface area contributed by atoms with Crippen molar-refractivity contribution in [2.75, 3.05) is 30.9 Å². The molecule has 0 saturated carbocycles. The van der Waals surface area contributed by atoms with E-state index >= 15 is 0 Å². The highest BCUT2D eigenvalue weighted by Crippen LogP contribution is 2.27. The first kappa shape index (κ1) is 23.3. The maximum Gasteiger partial charge on any atom is 0.253 e. The highest BCUT2D eigenvalue weighted by molar-refractivity contribution is 8.00. The van der Waals surface area contributed by atoms with Crippen LogP contribution in [0.5, 0.6) is 0 Å². The third-order valence-corrected chi connectivity index (χ3v) is 6.88. The van der Waals surface area contributed by atoms with E-state index in [1.165, 1.54) is 24.1 Å². The summed E-state index contributed by atoms with van der Waals surface area (Å²) >= 11 is 1.49. The molecule has 1 aromatic heterocycles. The molecule has 1 aliphatic rings. The van der Waals surface area contributed by atoms with Crippen LogP contribution in [0.3, 0.4) is 0 Å². The number of nitrogens with zero attached hydrogens (tertiary/aromatic N) is 3. The average Bonchev–Trinajstić information content (AvgIpc) is 2.87. The molecule has 1 fully saturated rings. The summed E-state index contributed by atoms with van der Waals surface area (Å²) < 4.78 is 30.2. The molecule has 1 saturated heterocycles. The molecule has 0 atom stereocenters. The van der Waals surface area contributed by atoms with Crippen molar-refractivity contribution in [3.63, 3.8) is 0 Å². The number of hydrogen-bond acceptors (Lipinski definition) is 5. The highest BCUT2D eigenvalue weighted by Gasteiger charge is 2.22. The number of carbonyl (C=O) groups is 1. The van der Waals surface area contributed by atoms with E-state index < -0.39 is 11.6 Å². The van der Waals surface area contributed by atoms with Gasteiger partial charge in [0, 0.05) is 61.6 Å². The fourth-order valence-corrected chi connectivity index (χ4v) is 4.98. The molecule has 4 aromatic rings. The second-order valence-corrected chi connectivity index (χ2v) is 9.31. The van der Waals surface area contributed by atoms with Gasteiger partial charge in [-0.3, -0.25) is 14.7 Å². The zero-order valence-electron chi connectivity index (χ0n) is 19.0. The van der Waals surface area contributed by atoms with Crippen molar-refractivity contribution >= 4 is 34.4 Å². The first-order valence-corrected chi connectivity index (χ1v) is 12.2. The number of amides is 1. The van der Waals surface area contributed by atoms with Crippen molar-refractivity contribution in [3.8, 4) is 0 Å². The highest BCUT2D eigenvalue weighted by atomic mass is 32.2. The van der Waals surface area contributed by atoms with Gasteiger partial charge < -0.3 is 9.62 Å². The summed E-state index contributed by atoms with van der Waals surface area (Å²) in [4.78, 5) is 22.4. The van der Waals surface area contributed by atoms with Gasteiger partial charge in [-0.25, -0.2) is 8.78 Å². The van der Waals surface area contributed by atoms with Crippen LogP contribution in [0.15, 0.2) is 83.9 Å². The Morgan fingerprint density at radius 3 is 2.37 bits per heavy atom. The standard InChI is InChI=1S/C27H24F2N4OS/c28-22-15-19(16-23(29)17-22)18-32-11-13-33(14-12-32)27(34)21-6-8-24(9-7-21)31-35-25-5-1-3-20-4-2-10-30-26(20)25/h1-10,15-17,31H,11-14,18H2. The molecule has 0 bridgehead atoms. The molecule has 35 heavy (non-hydrogen) atoms. The van der Waals surface area contributed by atoms with Crippen LogP contribution in [0.1, 0.15) is 15.9 Å². The maximum atomic E-state index is 13.4. The number of rotatable bonds is 6. The Balaban J connectivity index is 1.15. The molecule has 1 amide bonds. The van der Waals surface area contributed by atoms with Crippen molar-refractivity contribution in [1.82, 2.24) is 14.8 Å². The molecule has 1 aliphatic heterocycles. The number of hydrogen-bond donors (Lipinski definition) is 1. The van der Waals surface area contributed by atoms with E-state index in [9.17, 15) is 13.6 Å². The fraction of sp³-hybridized carbons (Fsp3) is 0.185. The molecule has 178 valence electrons. The van der Waals surface area contributed by atoms with Crippen molar-refractivity contribution < 1.29 is 13.6 Å². The Labute approximate surface area is 206 Å². The molecular formula is C27H24F2N4OS. The van der Waals surface area contributed by atoms with Crippen LogP contribution in [-0.2, 0) is 6.54 Å². The van der Waals surface area contributed by atoms with Crippen molar-refractivity contribution in [3.05, 3.63) is 102 Å². The van der Waals surface area contributed by atoms with Gasteiger partial charge in [0.15, 0.2) is 0 Å². The van der Waals surface area contributed by atoms with Gasteiger partial charge in [-0.05, 0) is 66.0 Å². The van der Waals surface area contributed by atoms with Gasteiger partial charge in [0.25, 0.3) is 5.91 Å². The summed E-state index contributed by atoms with van der Waals surface area (Å²) in [6, 6.07) is 21.1. The molecule has 0 aliphatic carbocycles. The number of piperazine rings is 1. The van der Waals surface area contributed by atoms with Gasteiger partial charge in [-0.2, -0.15) is 0 Å². The predicted octanol–water partition coefficient (Wildman–Crippen LogP) is 5.59. The third kappa shape index (κ3) is 5.61. The number of benzene rings is 3. The van der Waals surface area contributed by atoms with Crippen molar-refractivity contribution in [2.24, 2.45) is 0 Å². The number of aromatic nitrogens is 1. The topological polar surface area (TPSA) is 48.5 Å². The summed E-state index contributed by atoms with van der Waals surface area (Å²) in [5.41, 5.74) is 3.07. The van der Waals surface area contributed by atoms with Gasteiger partial charge in [0.2, 0.25) is 0 Å². The zero-order valence-corrected chi connectivity index (χ0v) is 19.8. The van der Waals surface area contributed by atoms with E-state index in [1.807, 2.05) is 59.5 Å². The van der Waals surface area contributed by atoms with Gasteiger partial charge in [0.05, 0.1) is 10.4 Å². The van der Waals surface area contributed by atoms with E-state index in [4.69, 9.17) is 0 Å². The van der Waals surface area contributed by atoms with Gasteiger partial charge in [-0.15, -0.1) is 0 Å². The number of pyridine rings is 1. The summed E-state index contributed by atoms with van der Waals surface area (Å²) in [5, 5.41) is 1.09. The molecule has 2 heterocycles. The molecule has 0 unspecified atom stereocenters. The number of nitrogens with one attached hydrogen (secondary N) is 1. The lowest BCUT2D eigenvalue weighted by Gasteiger charge is -2.34. The lowest BCUT2D eigenvalue weighted by Crippen LogP contribution is -2.48. The summed E-state index contributed by atoms with van der Waals surface area (Å²) in [6.45, 7) is 2.90. The van der Waals surface area contributed by atoms with E-state index in [0.717, 1.165) is 27.6 Å². The van der Waals surface area contributed by atoms with Crippen LogP contribution in [0.4, 0.5) is 14.5 Å². The van der Waals surface area contributed by atoms with Crippen LogP contribution in [0.2, 0.25) is 0 Å². The Hall–Kier alpha value is -3.49. The third-order valence-electron chi connectivity index (χ3n) is 5.99. The predicted molar refractivity (Wildman–Crippen MR) is 135 cm³/mol. The van der Waals surface area contributed by atoms with Gasteiger partial charge in [-0.1, -0.05) is 18.2 Å². The number of carbonyl (C=O) groups excluding carboxylic acids is 1. The molecule has 5 rings (SSSR count). The Morgan fingerprint density at radius 1 is 0.914 bits per heavy atom. The molecule has 8 heteroatoms. The zero-order chi connectivity index (χ0) is 24.2. The van der Waals surface area contributed by atoms with Crippen LogP contribution in [0, 0.1) is 11.6 Å². The first-order chi connectivity index (χ1) is 17.0. The first-order valence-electron chi connectivity index (χ1n) is 11.4. The van der Waals surface area contributed by atoms with E-state index in [-0.39, 0.29) is 5.91 Å². The summed E-state index contributed by atoms with van der Waals surface area (Å²) in [7, 11) is 0. The Kier molecular flexibility index (Phi) is 6.92. The Bertz CT molecular complexity index is 1320. The fourth-order valence-electron chi connectivity index (χ4n) is 4.21. The van der Waals surface area contributed by atoms with Crippen LogP contribution in [0.25, 0.3) is 10.9 Å². The summed E-state index contributed by atoms with van der Waals surface area (Å²) in [5.74, 6) is -1.16. The van der Waals surface area contributed by atoms with E-state index in [0.29, 0.717) is 43.9 Å². The maximum absolute atomic E-state index is 13.4. The second kappa shape index (κ2) is 10.4. The quantitative estimate of drug-likeness (QED) is 0.357. The van der Waals surface area contributed by atoms with Gasteiger partial charge >= 0.3 is 0 Å². The molecule has 5 nitrogen and oxygen atoms in total. The lowest BCUT2D eigenvalue weighted by molar-refractivity contribution is 0.0628. The molecule has 0 spiro atoms. The van der Waals surface area contributed by atoms with Crippen LogP contribution < -0.4 is 4.72 Å². The minimum atomic E-state index is -0.570. The number of anilines is 1. The normalized spacial score (nSPS) is 14.3. The summed E-state index contributed by atoms with van der Waals surface area (Å²) in [6.07, 6.45) is 1.79. The van der Waals surface area contributed by atoms with E-state index in [1.54, 1.807) is 6.20 Å². The van der Waals surface area contributed by atoms with Gasteiger partial charge in [0.1, 0.15) is 11.6 Å². The lowest BCUT2D eigenvalue weighted by atomic mass is 10.1. The minimum absolute atomic E-state index is 0.0149. The number of halogens is 2. The smallest absolute Gasteiger partial charge is 0.253 e. The molecule has 1 N–H and O–H groups in total.